The Morgan fingerprint density at radius 1 is 1.69 bits per heavy atom. The lowest BCUT2D eigenvalue weighted by atomic mass is 10.5. The van der Waals surface area contributed by atoms with Crippen LogP contribution in [0.25, 0.3) is 0 Å². The zero-order valence-corrected chi connectivity index (χ0v) is 9.67. The molecule has 0 aliphatic carbocycles. The van der Waals surface area contributed by atoms with Crippen molar-refractivity contribution in [3.05, 3.63) is 12.3 Å². The van der Waals surface area contributed by atoms with Gasteiger partial charge in [0.15, 0.2) is 0 Å². The Morgan fingerprint density at radius 3 is 3.08 bits per heavy atom. The molecule has 1 atom stereocenters. The number of allylic oxidation sites excluding steroid dienone is 1. The van der Waals surface area contributed by atoms with E-state index in [1.165, 1.54) is 6.04 Å². The van der Waals surface area contributed by atoms with Gasteiger partial charge in [-0.05, 0) is 19.4 Å². The van der Waals surface area contributed by atoms with Crippen molar-refractivity contribution >= 4 is 9.76 Å². The molecule has 76 valence electrons. The van der Waals surface area contributed by atoms with Crippen LogP contribution in [0, 0.1) is 0 Å². The van der Waals surface area contributed by atoms with Crippen molar-refractivity contribution in [2.75, 3.05) is 19.8 Å². The van der Waals surface area contributed by atoms with Crippen molar-refractivity contribution in [3.63, 3.8) is 0 Å². The van der Waals surface area contributed by atoms with Crippen LogP contribution in [0.4, 0.5) is 0 Å². The van der Waals surface area contributed by atoms with Gasteiger partial charge in [-0.2, -0.15) is 0 Å². The molecule has 0 aromatic rings. The second-order valence-corrected chi connectivity index (χ2v) is 4.69. The lowest BCUT2D eigenvalue weighted by Gasteiger charge is -2.04. The van der Waals surface area contributed by atoms with E-state index in [1.807, 2.05) is 6.92 Å². The molecule has 1 rings (SSSR count). The third-order valence-electron chi connectivity index (χ3n) is 1.74. The van der Waals surface area contributed by atoms with Crippen molar-refractivity contribution in [3.8, 4) is 0 Å². The number of hydrogen-bond donors (Lipinski definition) is 0. The first kappa shape index (κ1) is 10.8. The van der Waals surface area contributed by atoms with Gasteiger partial charge in [0.25, 0.3) is 0 Å². The van der Waals surface area contributed by atoms with Crippen LogP contribution in [0.15, 0.2) is 12.3 Å². The van der Waals surface area contributed by atoms with Gasteiger partial charge < -0.3 is 13.9 Å². The van der Waals surface area contributed by atoms with E-state index in [1.54, 1.807) is 0 Å². The highest BCUT2D eigenvalue weighted by Gasteiger charge is 2.21. The summed E-state index contributed by atoms with van der Waals surface area (Å²) >= 11 is 0. The predicted octanol–water partition coefficient (Wildman–Crippen LogP) is 0.844. The third kappa shape index (κ3) is 6.80. The van der Waals surface area contributed by atoms with Gasteiger partial charge in [-0.25, -0.2) is 0 Å². The summed E-state index contributed by atoms with van der Waals surface area (Å²) in [4.78, 5) is 0. The molecule has 1 aliphatic rings. The van der Waals surface area contributed by atoms with Crippen molar-refractivity contribution in [1.29, 1.82) is 0 Å². The maximum absolute atomic E-state index is 5.38. The Hall–Kier alpha value is -0.323. The summed E-state index contributed by atoms with van der Waals surface area (Å²) in [5.41, 5.74) is 0. The van der Waals surface area contributed by atoms with Gasteiger partial charge in [0, 0.05) is 6.61 Å². The van der Waals surface area contributed by atoms with Crippen molar-refractivity contribution in [1.82, 2.24) is 0 Å². The predicted molar refractivity (Wildman–Crippen MR) is 54.4 cm³/mol. The summed E-state index contributed by atoms with van der Waals surface area (Å²) in [6, 6.07) is 1.17. The molecule has 0 spiro atoms. The maximum atomic E-state index is 5.38. The van der Waals surface area contributed by atoms with Gasteiger partial charge in [-0.15, -0.1) is 0 Å². The fraction of sp³-hybridized carbons (Fsp3) is 0.778. The summed E-state index contributed by atoms with van der Waals surface area (Å²) in [6.07, 6.45) is 1.50. The molecule has 0 aromatic heterocycles. The zero-order chi connectivity index (χ0) is 9.52. The number of rotatable bonds is 8. The van der Waals surface area contributed by atoms with Crippen molar-refractivity contribution < 1.29 is 13.9 Å². The highest BCUT2D eigenvalue weighted by Crippen LogP contribution is 2.08. The third-order valence-corrected chi connectivity index (χ3v) is 3.22. The Morgan fingerprint density at radius 2 is 2.46 bits per heavy atom. The molecule has 3 nitrogen and oxygen atoms in total. The Balaban J connectivity index is 1.70. The Kier molecular flexibility index (Phi) is 5.11. The molecular weight excluding hydrogens is 184 g/mol. The van der Waals surface area contributed by atoms with Crippen LogP contribution in [0.1, 0.15) is 13.3 Å². The average Bonchev–Trinajstić information content (AvgIpc) is 2.86. The quantitative estimate of drug-likeness (QED) is 0.253. The minimum atomic E-state index is -0.379. The van der Waals surface area contributed by atoms with Crippen LogP contribution in [-0.4, -0.2) is 35.7 Å². The molecule has 1 fully saturated rings. The lowest BCUT2D eigenvalue weighted by molar-refractivity contribution is 0.117. The van der Waals surface area contributed by atoms with Crippen LogP contribution >= 0.6 is 0 Å². The zero-order valence-electron chi connectivity index (χ0n) is 8.25. The summed E-state index contributed by atoms with van der Waals surface area (Å²) < 4.78 is 15.7. The summed E-state index contributed by atoms with van der Waals surface area (Å²) in [5, 5.41) is 0. The van der Waals surface area contributed by atoms with E-state index in [4.69, 9.17) is 13.9 Å². The summed E-state index contributed by atoms with van der Waals surface area (Å²) in [7, 11) is -0.379. The van der Waals surface area contributed by atoms with Crippen LogP contribution in [0.5, 0.6) is 0 Å². The van der Waals surface area contributed by atoms with Gasteiger partial charge in [-0.3, -0.25) is 0 Å². The van der Waals surface area contributed by atoms with Crippen LogP contribution in [0.2, 0.25) is 6.04 Å². The molecule has 1 saturated heterocycles. The van der Waals surface area contributed by atoms with Crippen LogP contribution < -0.4 is 0 Å². The van der Waals surface area contributed by atoms with Crippen LogP contribution in [0.3, 0.4) is 0 Å². The van der Waals surface area contributed by atoms with Gasteiger partial charge in [0.1, 0.15) is 6.10 Å². The average molecular weight is 202 g/mol. The second-order valence-electron chi connectivity index (χ2n) is 3.29. The molecule has 0 saturated carbocycles. The van der Waals surface area contributed by atoms with E-state index in [-0.39, 0.29) is 9.76 Å². The molecule has 0 amide bonds. The summed E-state index contributed by atoms with van der Waals surface area (Å²) in [6.45, 7) is 8.07. The lowest BCUT2D eigenvalue weighted by Crippen LogP contribution is -2.04. The normalized spacial score (nSPS) is 20.8. The van der Waals surface area contributed by atoms with E-state index in [9.17, 15) is 0 Å². The van der Waals surface area contributed by atoms with Crippen LogP contribution in [-0.2, 0) is 13.9 Å². The van der Waals surface area contributed by atoms with Crippen molar-refractivity contribution in [2.45, 2.75) is 25.5 Å². The van der Waals surface area contributed by atoms with Gasteiger partial charge in [0.2, 0.25) is 9.76 Å². The fourth-order valence-corrected chi connectivity index (χ4v) is 1.83. The first-order valence-electron chi connectivity index (χ1n) is 4.76. The molecule has 0 N–H and O–H groups in total. The minimum absolute atomic E-state index is 0.379. The topological polar surface area (TPSA) is 31.0 Å². The van der Waals surface area contributed by atoms with Gasteiger partial charge in [0.05, 0.1) is 19.0 Å². The first-order chi connectivity index (χ1) is 6.29. The second kappa shape index (κ2) is 6.18. The molecule has 1 heterocycles. The van der Waals surface area contributed by atoms with Gasteiger partial charge >= 0.3 is 0 Å². The largest absolute Gasteiger partial charge is 0.553 e. The minimum Gasteiger partial charge on any atom is -0.553 e. The molecule has 1 unspecified atom stereocenters. The van der Waals surface area contributed by atoms with Gasteiger partial charge in [-0.1, -0.05) is 6.58 Å². The molecule has 0 radical (unpaired) electrons. The highest BCUT2D eigenvalue weighted by atomic mass is 28.2. The monoisotopic (exact) mass is 202 g/mol. The van der Waals surface area contributed by atoms with E-state index < -0.39 is 0 Å². The highest BCUT2D eigenvalue weighted by molar-refractivity contribution is 6.27. The number of epoxide rings is 1. The molecule has 1 aliphatic heterocycles. The smallest absolute Gasteiger partial charge is 0.219 e. The van der Waals surface area contributed by atoms with E-state index in [0.29, 0.717) is 6.10 Å². The fourth-order valence-electron chi connectivity index (χ4n) is 0.932. The first-order valence-corrected chi connectivity index (χ1v) is 6.34. The summed E-state index contributed by atoms with van der Waals surface area (Å²) in [5.74, 6) is 0.846. The molecule has 13 heavy (non-hydrogen) atoms. The standard InChI is InChI=1S/C9H18O3Si/c1-8(2)12-13-5-3-4-10-6-9-7-11-9/h9H,1,3-7,13H2,2H3. The SMILES string of the molecule is C=C(C)O[SiH2]CCCOCC1CO1. The molecule has 4 heteroatoms. The maximum Gasteiger partial charge on any atom is 0.219 e. The molecule has 0 aromatic carbocycles. The Labute approximate surface area is 82.0 Å². The van der Waals surface area contributed by atoms with Crippen molar-refractivity contribution in [2.24, 2.45) is 0 Å². The Bertz CT molecular complexity index is 157. The molecule has 0 bridgehead atoms. The van der Waals surface area contributed by atoms with E-state index >= 15 is 0 Å². The van der Waals surface area contributed by atoms with E-state index in [0.717, 1.165) is 32.0 Å². The van der Waals surface area contributed by atoms with E-state index in [2.05, 4.69) is 6.58 Å². The number of hydrogen-bond acceptors (Lipinski definition) is 3. The molecular formula is C9H18O3Si. The number of ether oxygens (including phenoxy) is 2.